The van der Waals surface area contributed by atoms with Gasteiger partial charge in [-0.15, -0.1) is 0 Å². The quantitative estimate of drug-likeness (QED) is 0.412. The molecule has 162 valence electrons. The smallest absolute Gasteiger partial charge is 0.387 e. The fourth-order valence-electron chi connectivity index (χ4n) is 2.47. The van der Waals surface area contributed by atoms with Crippen molar-refractivity contribution in [2.45, 2.75) is 19.7 Å². The summed E-state index contributed by atoms with van der Waals surface area (Å²) in [6.07, 6.45) is 0. The Balaban J connectivity index is 1.81. The van der Waals surface area contributed by atoms with Gasteiger partial charge in [-0.25, -0.2) is 0 Å². The molecule has 0 aliphatic heterocycles. The minimum atomic E-state index is -2.95. The molecule has 2 aromatic rings. The molecule has 2 aromatic carbocycles. The molecule has 0 heterocycles. The second kappa shape index (κ2) is 11.8. The predicted molar refractivity (Wildman–Crippen MR) is 111 cm³/mol. The Hall–Kier alpha value is -3.07. The highest BCUT2D eigenvalue weighted by Crippen LogP contribution is 2.24. The minimum Gasteiger partial charge on any atom is -0.497 e. The molecule has 0 aromatic heterocycles. The average molecular weight is 441 g/mol. The Morgan fingerprint density at radius 2 is 1.83 bits per heavy atom. The van der Waals surface area contributed by atoms with E-state index in [1.165, 1.54) is 25.2 Å². The van der Waals surface area contributed by atoms with Gasteiger partial charge in [-0.05, 0) is 35.9 Å². The van der Waals surface area contributed by atoms with Crippen molar-refractivity contribution < 1.29 is 23.0 Å². The maximum absolute atomic E-state index is 12.5. The summed E-state index contributed by atoms with van der Waals surface area (Å²) >= 11 is 5.93. The summed E-state index contributed by atoms with van der Waals surface area (Å²) < 4.78 is 34.7. The van der Waals surface area contributed by atoms with Gasteiger partial charge in [0.25, 0.3) is 0 Å². The lowest BCUT2D eigenvalue weighted by Gasteiger charge is -2.15. The number of carbonyl (C=O) groups excluding carboxylic acids is 1. The highest BCUT2D eigenvalue weighted by atomic mass is 35.5. The molecule has 0 atom stereocenters. The van der Waals surface area contributed by atoms with Crippen molar-refractivity contribution in [2.24, 2.45) is 4.99 Å². The molecule has 2 rings (SSSR count). The van der Waals surface area contributed by atoms with Crippen LogP contribution in [-0.2, 0) is 17.9 Å². The summed E-state index contributed by atoms with van der Waals surface area (Å²) in [5.41, 5.74) is 1.36. The summed E-state index contributed by atoms with van der Waals surface area (Å²) in [5, 5.41) is 8.95. The van der Waals surface area contributed by atoms with E-state index in [0.29, 0.717) is 23.1 Å². The molecule has 0 spiro atoms. The highest BCUT2D eigenvalue weighted by Gasteiger charge is 2.11. The van der Waals surface area contributed by atoms with Gasteiger partial charge < -0.3 is 25.4 Å². The van der Waals surface area contributed by atoms with Crippen LogP contribution in [-0.4, -0.2) is 39.2 Å². The third-order valence-corrected chi connectivity index (χ3v) is 4.21. The van der Waals surface area contributed by atoms with Crippen LogP contribution in [0.2, 0.25) is 5.02 Å². The number of nitrogens with zero attached hydrogens (tertiary/aromatic N) is 1. The number of rotatable bonds is 9. The second-order valence-electron chi connectivity index (χ2n) is 6.03. The molecule has 3 N–H and O–H groups in total. The molecule has 7 nitrogen and oxygen atoms in total. The predicted octanol–water partition coefficient (Wildman–Crippen LogP) is 2.93. The van der Waals surface area contributed by atoms with Crippen molar-refractivity contribution in [1.29, 1.82) is 0 Å². The van der Waals surface area contributed by atoms with Crippen LogP contribution in [0.4, 0.5) is 8.78 Å². The van der Waals surface area contributed by atoms with E-state index in [0.717, 1.165) is 11.3 Å². The van der Waals surface area contributed by atoms with E-state index in [2.05, 4.69) is 25.7 Å². The number of guanidine groups is 1. The molecule has 0 saturated carbocycles. The standard InChI is InChI=1S/C20H23ClF2N4O3/c1-24-20(26-11-14-9-15(21)5-8-17(14)30-19(22)23)27-12-18(28)25-10-13-3-6-16(29-2)7-4-13/h3-9,19H,10-12H2,1-2H3,(H,25,28)(H2,24,26,27). The number of hydrogen-bond acceptors (Lipinski definition) is 4. The number of hydrogen-bond donors (Lipinski definition) is 3. The first-order valence-corrected chi connectivity index (χ1v) is 9.36. The maximum atomic E-state index is 12.5. The van der Waals surface area contributed by atoms with Crippen LogP contribution >= 0.6 is 11.6 Å². The molecule has 10 heteroatoms. The van der Waals surface area contributed by atoms with Gasteiger partial charge in [-0.3, -0.25) is 9.79 Å². The summed E-state index contributed by atoms with van der Waals surface area (Å²) in [6, 6.07) is 11.7. The summed E-state index contributed by atoms with van der Waals surface area (Å²) in [4.78, 5) is 16.1. The summed E-state index contributed by atoms with van der Waals surface area (Å²) in [6.45, 7) is -2.48. The third kappa shape index (κ3) is 7.75. The molecule has 0 fully saturated rings. The van der Waals surface area contributed by atoms with E-state index < -0.39 is 6.61 Å². The van der Waals surface area contributed by atoms with Crippen molar-refractivity contribution in [1.82, 2.24) is 16.0 Å². The lowest BCUT2D eigenvalue weighted by molar-refractivity contribution is -0.120. The van der Waals surface area contributed by atoms with Crippen LogP contribution in [0.3, 0.4) is 0 Å². The minimum absolute atomic E-state index is 0.00888. The average Bonchev–Trinajstić information content (AvgIpc) is 2.74. The molecule has 0 radical (unpaired) electrons. The van der Waals surface area contributed by atoms with Gasteiger partial charge >= 0.3 is 6.61 Å². The molecule has 0 saturated heterocycles. The highest BCUT2D eigenvalue weighted by molar-refractivity contribution is 6.30. The second-order valence-corrected chi connectivity index (χ2v) is 6.47. The SMILES string of the molecule is CN=C(NCC(=O)NCc1ccc(OC)cc1)NCc1cc(Cl)ccc1OC(F)F. The molecule has 0 bridgehead atoms. The van der Waals surface area contributed by atoms with Gasteiger partial charge in [0.1, 0.15) is 11.5 Å². The zero-order valence-corrected chi connectivity index (χ0v) is 17.3. The fourth-order valence-corrected chi connectivity index (χ4v) is 2.66. The largest absolute Gasteiger partial charge is 0.497 e. The summed E-state index contributed by atoms with van der Waals surface area (Å²) in [7, 11) is 3.11. The van der Waals surface area contributed by atoms with Crippen molar-refractivity contribution in [3.05, 3.63) is 58.6 Å². The van der Waals surface area contributed by atoms with E-state index in [1.807, 2.05) is 24.3 Å². The zero-order chi connectivity index (χ0) is 21.9. The van der Waals surface area contributed by atoms with Crippen LogP contribution in [0, 0.1) is 0 Å². The Morgan fingerprint density at radius 1 is 1.10 bits per heavy atom. The first-order chi connectivity index (χ1) is 14.4. The number of nitrogens with one attached hydrogen (secondary N) is 3. The number of carbonyl (C=O) groups is 1. The van der Waals surface area contributed by atoms with E-state index in [9.17, 15) is 13.6 Å². The van der Waals surface area contributed by atoms with Crippen LogP contribution in [0.15, 0.2) is 47.5 Å². The topological polar surface area (TPSA) is 84.0 Å². The number of benzene rings is 2. The first-order valence-electron chi connectivity index (χ1n) is 8.98. The van der Waals surface area contributed by atoms with Gasteiger partial charge in [-0.1, -0.05) is 23.7 Å². The van der Waals surface area contributed by atoms with Gasteiger partial charge in [0.2, 0.25) is 5.91 Å². The molecule has 0 unspecified atom stereocenters. The van der Waals surface area contributed by atoms with Crippen LogP contribution in [0.5, 0.6) is 11.5 Å². The Labute approximate surface area is 178 Å². The van der Waals surface area contributed by atoms with E-state index in [4.69, 9.17) is 16.3 Å². The fraction of sp³-hybridized carbons (Fsp3) is 0.300. The summed E-state index contributed by atoms with van der Waals surface area (Å²) in [5.74, 6) is 0.828. The first kappa shape index (κ1) is 23.2. The number of alkyl halides is 2. The number of ether oxygens (including phenoxy) is 2. The number of amides is 1. The Morgan fingerprint density at radius 3 is 2.47 bits per heavy atom. The number of aliphatic imine (C=N–C) groups is 1. The van der Waals surface area contributed by atoms with Crippen molar-refractivity contribution in [3.63, 3.8) is 0 Å². The molecule has 30 heavy (non-hydrogen) atoms. The molecule has 1 amide bonds. The normalized spacial score (nSPS) is 11.2. The molecular formula is C20H23ClF2N4O3. The van der Waals surface area contributed by atoms with Gasteiger partial charge in [0.05, 0.1) is 13.7 Å². The molecule has 0 aliphatic carbocycles. The zero-order valence-electron chi connectivity index (χ0n) is 16.5. The van der Waals surface area contributed by atoms with Crippen LogP contribution < -0.4 is 25.4 Å². The number of methoxy groups -OCH3 is 1. The lowest BCUT2D eigenvalue weighted by Crippen LogP contribution is -2.42. The van der Waals surface area contributed by atoms with E-state index >= 15 is 0 Å². The Kier molecular flexibility index (Phi) is 9.14. The van der Waals surface area contributed by atoms with E-state index in [1.54, 1.807) is 7.11 Å². The van der Waals surface area contributed by atoms with E-state index in [-0.39, 0.29) is 24.7 Å². The van der Waals surface area contributed by atoms with Gasteiger partial charge in [0.15, 0.2) is 5.96 Å². The molecular weight excluding hydrogens is 418 g/mol. The van der Waals surface area contributed by atoms with Crippen LogP contribution in [0.1, 0.15) is 11.1 Å². The monoisotopic (exact) mass is 440 g/mol. The lowest BCUT2D eigenvalue weighted by atomic mass is 10.2. The van der Waals surface area contributed by atoms with Gasteiger partial charge in [0, 0.05) is 30.7 Å². The third-order valence-electron chi connectivity index (χ3n) is 3.97. The van der Waals surface area contributed by atoms with Crippen molar-refractivity contribution in [2.75, 3.05) is 20.7 Å². The Bertz CT molecular complexity index is 864. The van der Waals surface area contributed by atoms with Crippen LogP contribution in [0.25, 0.3) is 0 Å². The molecule has 0 aliphatic rings. The van der Waals surface area contributed by atoms with Crippen molar-refractivity contribution >= 4 is 23.5 Å². The maximum Gasteiger partial charge on any atom is 0.387 e. The van der Waals surface area contributed by atoms with Crippen molar-refractivity contribution in [3.8, 4) is 11.5 Å². The number of halogens is 3. The van der Waals surface area contributed by atoms with Gasteiger partial charge in [-0.2, -0.15) is 8.78 Å².